The van der Waals surface area contributed by atoms with Crippen LogP contribution in [0.3, 0.4) is 0 Å². The molecule has 2 nitrogen and oxygen atoms in total. The Bertz CT molecular complexity index is 666. The zero-order valence-corrected chi connectivity index (χ0v) is 17.8. The fourth-order valence-electron chi connectivity index (χ4n) is 6.99. The van der Waals surface area contributed by atoms with Crippen LogP contribution in [0.2, 0.25) is 0 Å². The molecule has 150 valence electrons. The van der Waals surface area contributed by atoms with Gasteiger partial charge in [0.05, 0.1) is 0 Å². The van der Waals surface area contributed by atoms with E-state index in [9.17, 15) is 9.90 Å². The Morgan fingerprint density at radius 2 is 2.07 bits per heavy atom. The van der Waals surface area contributed by atoms with Crippen LogP contribution in [0, 0.1) is 28.6 Å². The molecule has 3 rings (SSSR count). The van der Waals surface area contributed by atoms with E-state index in [0.29, 0.717) is 23.3 Å². The smallest absolute Gasteiger partial charge is 0.331 e. The van der Waals surface area contributed by atoms with Crippen LogP contribution in [0.5, 0.6) is 0 Å². The van der Waals surface area contributed by atoms with Gasteiger partial charge in [-0.3, -0.25) is 0 Å². The van der Waals surface area contributed by atoms with Crippen molar-refractivity contribution in [2.45, 2.75) is 85.5 Å². The first kappa shape index (κ1) is 20.4. The lowest BCUT2D eigenvalue weighted by Gasteiger charge is -2.56. The SMILES string of the molecule is C=C1CCC2(C)C(C(C)CCC=C(C)C)CCC23CC=C(C(=O)O)CCC13. The molecule has 0 aromatic carbocycles. The Morgan fingerprint density at radius 1 is 1.33 bits per heavy atom. The van der Waals surface area contributed by atoms with E-state index in [0.717, 1.165) is 31.1 Å². The van der Waals surface area contributed by atoms with Gasteiger partial charge in [-0.1, -0.05) is 43.7 Å². The Hall–Kier alpha value is -1.31. The van der Waals surface area contributed by atoms with E-state index in [-0.39, 0.29) is 5.41 Å². The molecule has 1 spiro atoms. The standard InChI is InChI=1S/C25H38O2/c1-17(2)7-6-8-18(3)21-13-16-25-15-12-20(23(26)27)9-10-22(25)19(4)11-14-24(21,25)5/h7,12,18,21-22H,4,6,8-11,13-16H2,1-3,5H3,(H,26,27). The summed E-state index contributed by atoms with van der Waals surface area (Å²) in [4.78, 5) is 11.6. The number of carboxylic acids is 1. The fraction of sp³-hybridized carbons (Fsp3) is 0.720. The fourth-order valence-corrected chi connectivity index (χ4v) is 6.99. The van der Waals surface area contributed by atoms with E-state index in [1.54, 1.807) is 0 Å². The third kappa shape index (κ3) is 3.45. The van der Waals surface area contributed by atoms with Gasteiger partial charge in [0, 0.05) is 5.57 Å². The second kappa shape index (κ2) is 7.60. The minimum absolute atomic E-state index is 0.231. The number of carboxylic acid groups (broad SMARTS) is 1. The minimum atomic E-state index is -0.720. The van der Waals surface area contributed by atoms with E-state index in [4.69, 9.17) is 0 Å². The monoisotopic (exact) mass is 370 g/mol. The Labute approximate surface area is 165 Å². The van der Waals surface area contributed by atoms with Gasteiger partial charge < -0.3 is 5.11 Å². The molecule has 2 heteroatoms. The van der Waals surface area contributed by atoms with Crippen molar-refractivity contribution in [2.75, 3.05) is 0 Å². The lowest BCUT2D eigenvalue weighted by atomic mass is 9.48. The van der Waals surface area contributed by atoms with Gasteiger partial charge in [-0.25, -0.2) is 4.79 Å². The number of hydrogen-bond acceptors (Lipinski definition) is 1. The van der Waals surface area contributed by atoms with Crippen molar-refractivity contribution < 1.29 is 9.90 Å². The highest BCUT2D eigenvalue weighted by Crippen LogP contribution is 2.71. The maximum atomic E-state index is 11.6. The van der Waals surface area contributed by atoms with Crippen molar-refractivity contribution in [3.05, 3.63) is 35.5 Å². The highest BCUT2D eigenvalue weighted by Gasteiger charge is 2.62. The van der Waals surface area contributed by atoms with Crippen LogP contribution < -0.4 is 0 Å². The topological polar surface area (TPSA) is 37.3 Å². The van der Waals surface area contributed by atoms with Crippen LogP contribution >= 0.6 is 0 Å². The number of allylic oxidation sites excluding steroid dienone is 4. The molecule has 0 amide bonds. The van der Waals surface area contributed by atoms with Crippen LogP contribution in [-0.4, -0.2) is 11.1 Å². The van der Waals surface area contributed by atoms with Crippen molar-refractivity contribution in [3.63, 3.8) is 0 Å². The van der Waals surface area contributed by atoms with E-state index in [1.807, 2.05) is 0 Å². The molecule has 0 saturated heterocycles. The van der Waals surface area contributed by atoms with E-state index < -0.39 is 5.97 Å². The average Bonchev–Trinajstić information content (AvgIpc) is 2.76. The van der Waals surface area contributed by atoms with Crippen molar-refractivity contribution in [1.82, 2.24) is 0 Å². The average molecular weight is 371 g/mol. The highest BCUT2D eigenvalue weighted by atomic mass is 16.4. The van der Waals surface area contributed by atoms with Crippen molar-refractivity contribution >= 4 is 5.97 Å². The first-order chi connectivity index (χ1) is 12.7. The molecule has 5 atom stereocenters. The quantitative estimate of drug-likeness (QED) is 0.533. The van der Waals surface area contributed by atoms with Crippen molar-refractivity contribution in [3.8, 4) is 0 Å². The van der Waals surface area contributed by atoms with Crippen molar-refractivity contribution in [2.24, 2.45) is 28.6 Å². The summed E-state index contributed by atoms with van der Waals surface area (Å²) in [5, 5.41) is 9.55. The summed E-state index contributed by atoms with van der Waals surface area (Å²) in [6.07, 6.45) is 14.4. The second-order valence-corrected chi connectivity index (χ2v) is 10.0. The normalized spacial score (nSPS) is 36.9. The molecule has 0 aliphatic heterocycles. The molecule has 1 N–H and O–H groups in total. The molecule has 0 aromatic rings. The number of carbonyl (C=O) groups is 1. The van der Waals surface area contributed by atoms with Crippen molar-refractivity contribution in [1.29, 1.82) is 0 Å². The molecule has 2 saturated carbocycles. The maximum Gasteiger partial charge on any atom is 0.331 e. The zero-order chi connectivity index (χ0) is 19.8. The Morgan fingerprint density at radius 3 is 2.74 bits per heavy atom. The number of aliphatic carboxylic acids is 1. The summed E-state index contributed by atoms with van der Waals surface area (Å²) in [5.41, 5.74) is 3.99. The summed E-state index contributed by atoms with van der Waals surface area (Å²) in [5.74, 6) is 1.25. The molecule has 0 heterocycles. The summed E-state index contributed by atoms with van der Waals surface area (Å²) < 4.78 is 0. The number of rotatable bonds is 5. The number of hydrogen-bond donors (Lipinski definition) is 1. The second-order valence-electron chi connectivity index (χ2n) is 10.0. The molecule has 5 unspecified atom stereocenters. The predicted octanol–water partition coefficient (Wildman–Crippen LogP) is 6.93. The largest absolute Gasteiger partial charge is 0.478 e. The van der Waals surface area contributed by atoms with Gasteiger partial charge >= 0.3 is 5.97 Å². The van der Waals surface area contributed by atoms with E-state index in [1.165, 1.54) is 43.3 Å². The highest BCUT2D eigenvalue weighted by molar-refractivity contribution is 5.86. The van der Waals surface area contributed by atoms with Crippen LogP contribution in [-0.2, 0) is 4.79 Å². The molecule has 0 aromatic heterocycles. The molecular formula is C25H38O2. The lowest BCUT2D eigenvalue weighted by molar-refractivity contribution is -0.132. The van der Waals surface area contributed by atoms with Gasteiger partial charge in [0.2, 0.25) is 0 Å². The molecule has 2 fully saturated rings. The van der Waals surface area contributed by atoms with Crippen LogP contribution in [0.1, 0.15) is 85.5 Å². The van der Waals surface area contributed by atoms with Gasteiger partial charge in [0.15, 0.2) is 0 Å². The van der Waals surface area contributed by atoms with Crippen LogP contribution in [0.15, 0.2) is 35.5 Å². The van der Waals surface area contributed by atoms with E-state index in [2.05, 4.69) is 46.4 Å². The predicted molar refractivity (Wildman–Crippen MR) is 113 cm³/mol. The molecule has 3 aliphatic rings. The van der Waals surface area contributed by atoms with Gasteiger partial charge in [0.25, 0.3) is 0 Å². The lowest BCUT2D eigenvalue weighted by Crippen LogP contribution is -2.48. The summed E-state index contributed by atoms with van der Waals surface area (Å²) in [7, 11) is 0. The van der Waals surface area contributed by atoms with Gasteiger partial charge in [-0.2, -0.15) is 0 Å². The summed E-state index contributed by atoms with van der Waals surface area (Å²) >= 11 is 0. The Balaban J connectivity index is 1.89. The third-order valence-corrected chi connectivity index (χ3v) is 8.53. The Kier molecular flexibility index (Phi) is 5.75. The molecular weight excluding hydrogens is 332 g/mol. The molecule has 0 radical (unpaired) electrons. The van der Waals surface area contributed by atoms with Crippen LogP contribution in [0.4, 0.5) is 0 Å². The van der Waals surface area contributed by atoms with Crippen LogP contribution in [0.25, 0.3) is 0 Å². The molecule has 0 bridgehead atoms. The zero-order valence-electron chi connectivity index (χ0n) is 17.8. The first-order valence-corrected chi connectivity index (χ1v) is 10.9. The van der Waals surface area contributed by atoms with E-state index >= 15 is 0 Å². The third-order valence-electron chi connectivity index (χ3n) is 8.53. The minimum Gasteiger partial charge on any atom is -0.478 e. The summed E-state index contributed by atoms with van der Waals surface area (Å²) in [6, 6.07) is 0. The maximum absolute atomic E-state index is 11.6. The summed E-state index contributed by atoms with van der Waals surface area (Å²) in [6.45, 7) is 13.8. The van der Waals surface area contributed by atoms with Gasteiger partial charge in [-0.15, -0.1) is 0 Å². The molecule has 27 heavy (non-hydrogen) atoms. The van der Waals surface area contributed by atoms with Gasteiger partial charge in [0.1, 0.15) is 0 Å². The first-order valence-electron chi connectivity index (χ1n) is 10.9. The molecule has 3 aliphatic carbocycles. The van der Waals surface area contributed by atoms with Gasteiger partial charge in [-0.05, 0) is 100 Å².